The van der Waals surface area contributed by atoms with Crippen molar-refractivity contribution in [3.8, 4) is 0 Å². The van der Waals surface area contributed by atoms with Crippen LogP contribution in [-0.4, -0.2) is 21.7 Å². The van der Waals surface area contributed by atoms with Gasteiger partial charge in [0.15, 0.2) is 0 Å². The second-order valence-electron chi connectivity index (χ2n) is 4.46. The van der Waals surface area contributed by atoms with Gasteiger partial charge in [0.2, 0.25) is 5.76 Å². The summed E-state index contributed by atoms with van der Waals surface area (Å²) in [5.41, 5.74) is 6.13. The van der Waals surface area contributed by atoms with Crippen LogP contribution >= 0.6 is 0 Å². The molecular formula is C13H10N4O7. The summed E-state index contributed by atoms with van der Waals surface area (Å²) >= 11 is 0. The van der Waals surface area contributed by atoms with Crippen LogP contribution in [0.2, 0.25) is 0 Å². The molecule has 0 fully saturated rings. The van der Waals surface area contributed by atoms with Gasteiger partial charge in [0, 0.05) is 18.6 Å². The lowest BCUT2D eigenvalue weighted by Crippen LogP contribution is -2.16. The zero-order valence-corrected chi connectivity index (χ0v) is 11.9. The van der Waals surface area contributed by atoms with E-state index in [0.29, 0.717) is 5.56 Å². The highest BCUT2D eigenvalue weighted by molar-refractivity contribution is 5.88. The lowest BCUT2D eigenvalue weighted by molar-refractivity contribution is -0.402. The summed E-state index contributed by atoms with van der Waals surface area (Å²) in [6.45, 7) is 0. The van der Waals surface area contributed by atoms with Crippen LogP contribution in [0.5, 0.6) is 0 Å². The van der Waals surface area contributed by atoms with Crippen LogP contribution in [0.1, 0.15) is 16.1 Å². The second kappa shape index (κ2) is 7.00. The van der Waals surface area contributed by atoms with Crippen LogP contribution in [0.4, 0.5) is 11.6 Å². The molecular weight excluding hydrogens is 324 g/mol. The molecule has 124 valence electrons. The number of benzene rings is 1. The molecule has 11 heteroatoms. The number of furan rings is 1. The Balaban J connectivity index is 1.96. The third kappa shape index (κ3) is 4.13. The molecule has 2 N–H and O–H groups in total. The quantitative estimate of drug-likeness (QED) is 0.274. The number of hydrogen-bond donors (Lipinski definition) is 1. The fourth-order valence-corrected chi connectivity index (χ4v) is 1.66. The highest BCUT2D eigenvalue weighted by Gasteiger charge is 2.18. The number of carbonyl (C=O) groups is 1. The van der Waals surface area contributed by atoms with E-state index >= 15 is 0 Å². The number of carbonyl (C=O) groups excluding carboxylic acids is 1. The van der Waals surface area contributed by atoms with Crippen molar-refractivity contribution < 1.29 is 23.9 Å². The maximum Gasteiger partial charge on any atom is 0.433 e. The molecule has 0 aliphatic rings. The van der Waals surface area contributed by atoms with Crippen molar-refractivity contribution in [3.05, 3.63) is 68.0 Å². The Morgan fingerprint density at radius 2 is 1.79 bits per heavy atom. The molecule has 24 heavy (non-hydrogen) atoms. The van der Waals surface area contributed by atoms with Crippen LogP contribution in [0.3, 0.4) is 0 Å². The highest BCUT2D eigenvalue weighted by Crippen LogP contribution is 2.16. The number of nitrogens with zero attached hydrogens (tertiary/aromatic N) is 3. The summed E-state index contributed by atoms with van der Waals surface area (Å²) in [4.78, 5) is 35.7. The molecule has 1 aromatic carbocycles. The van der Waals surface area contributed by atoms with Crippen molar-refractivity contribution in [2.45, 2.75) is 6.42 Å². The van der Waals surface area contributed by atoms with E-state index in [0.717, 1.165) is 12.1 Å². The van der Waals surface area contributed by atoms with E-state index < -0.39 is 27.5 Å². The number of rotatable bonds is 6. The second-order valence-corrected chi connectivity index (χ2v) is 4.46. The van der Waals surface area contributed by atoms with Gasteiger partial charge >= 0.3 is 11.9 Å². The van der Waals surface area contributed by atoms with E-state index in [9.17, 15) is 25.0 Å². The van der Waals surface area contributed by atoms with E-state index in [1.165, 1.54) is 24.3 Å². The molecule has 0 spiro atoms. The summed E-state index contributed by atoms with van der Waals surface area (Å²) < 4.78 is 4.65. The van der Waals surface area contributed by atoms with E-state index in [1.807, 2.05) is 0 Å². The number of nitrogens with two attached hydrogens (primary N) is 1. The van der Waals surface area contributed by atoms with Crippen LogP contribution < -0.4 is 5.73 Å². The summed E-state index contributed by atoms with van der Waals surface area (Å²) in [5, 5.41) is 24.4. The molecule has 2 aromatic rings. The molecule has 0 aliphatic carbocycles. The fraction of sp³-hybridized carbons (Fsp3) is 0.0769. The predicted molar refractivity (Wildman–Crippen MR) is 79.2 cm³/mol. The Morgan fingerprint density at radius 3 is 2.33 bits per heavy atom. The summed E-state index contributed by atoms with van der Waals surface area (Å²) in [5.74, 6) is -2.12. The van der Waals surface area contributed by atoms with Crippen LogP contribution in [-0.2, 0) is 11.3 Å². The van der Waals surface area contributed by atoms with Crippen molar-refractivity contribution in [1.82, 2.24) is 0 Å². The Labute approximate surface area is 133 Å². The third-order valence-electron chi connectivity index (χ3n) is 2.75. The molecule has 0 bridgehead atoms. The molecule has 0 aliphatic heterocycles. The molecule has 0 amide bonds. The van der Waals surface area contributed by atoms with Gasteiger partial charge in [0.1, 0.15) is 10.8 Å². The standard InChI is InChI=1S/C13H10N4O7/c14-11(7-8-1-3-9(4-2-8)16(19)20)15-24-13(18)10-5-6-12(23-10)17(21)22/h1-6H,7H2,(H2,14,15). The lowest BCUT2D eigenvalue weighted by atomic mass is 10.1. The van der Waals surface area contributed by atoms with Crippen molar-refractivity contribution >= 4 is 23.4 Å². The Morgan fingerprint density at radius 1 is 1.12 bits per heavy atom. The Hall–Kier alpha value is -3.76. The number of nitro groups is 2. The summed E-state index contributed by atoms with van der Waals surface area (Å²) in [6.07, 6.45) is 0.0869. The molecule has 0 saturated carbocycles. The van der Waals surface area contributed by atoms with Gasteiger partial charge in [-0.2, -0.15) is 0 Å². The number of nitro benzene ring substituents is 1. The molecule has 1 heterocycles. The fourth-order valence-electron chi connectivity index (χ4n) is 1.66. The molecule has 11 nitrogen and oxygen atoms in total. The number of oxime groups is 1. The van der Waals surface area contributed by atoms with Crippen LogP contribution in [0, 0.1) is 20.2 Å². The first-order valence-electron chi connectivity index (χ1n) is 6.38. The van der Waals surface area contributed by atoms with Crippen LogP contribution in [0.15, 0.2) is 46.0 Å². The van der Waals surface area contributed by atoms with Gasteiger partial charge in [-0.15, -0.1) is 0 Å². The Bertz CT molecular complexity index is 810. The summed E-state index contributed by atoms with van der Waals surface area (Å²) in [7, 11) is 0. The highest BCUT2D eigenvalue weighted by atomic mass is 16.7. The van der Waals surface area contributed by atoms with Gasteiger partial charge in [0.05, 0.1) is 11.0 Å². The molecule has 0 unspecified atom stereocenters. The number of non-ortho nitro benzene ring substituents is 1. The number of amidine groups is 1. The van der Waals surface area contributed by atoms with Gasteiger partial charge in [-0.25, -0.2) is 4.79 Å². The van der Waals surface area contributed by atoms with E-state index in [4.69, 9.17) is 5.73 Å². The van der Waals surface area contributed by atoms with Crippen molar-refractivity contribution in [2.75, 3.05) is 0 Å². The average molecular weight is 334 g/mol. The first-order chi connectivity index (χ1) is 11.4. The van der Waals surface area contributed by atoms with Gasteiger partial charge in [-0.3, -0.25) is 20.2 Å². The van der Waals surface area contributed by atoms with E-state index in [-0.39, 0.29) is 17.9 Å². The molecule has 0 radical (unpaired) electrons. The zero-order chi connectivity index (χ0) is 17.7. The van der Waals surface area contributed by atoms with Crippen molar-refractivity contribution in [2.24, 2.45) is 10.9 Å². The van der Waals surface area contributed by atoms with Gasteiger partial charge < -0.3 is 15.0 Å². The minimum atomic E-state index is -1.05. The lowest BCUT2D eigenvalue weighted by Gasteiger charge is -2.00. The first kappa shape index (κ1) is 16.6. The first-order valence-corrected chi connectivity index (χ1v) is 6.38. The monoisotopic (exact) mass is 334 g/mol. The minimum Gasteiger partial charge on any atom is -0.393 e. The van der Waals surface area contributed by atoms with Gasteiger partial charge in [-0.05, 0) is 11.6 Å². The summed E-state index contributed by atoms with van der Waals surface area (Å²) in [6, 6.07) is 7.65. The topological polar surface area (TPSA) is 164 Å². The van der Waals surface area contributed by atoms with Gasteiger partial charge in [0.25, 0.3) is 5.69 Å². The van der Waals surface area contributed by atoms with E-state index in [2.05, 4.69) is 14.4 Å². The molecule has 1 aromatic heterocycles. The van der Waals surface area contributed by atoms with Crippen molar-refractivity contribution in [1.29, 1.82) is 0 Å². The van der Waals surface area contributed by atoms with Crippen LogP contribution in [0.25, 0.3) is 0 Å². The predicted octanol–water partition coefficient (Wildman–Crippen LogP) is 1.77. The third-order valence-corrected chi connectivity index (χ3v) is 2.75. The van der Waals surface area contributed by atoms with Crippen molar-refractivity contribution in [3.63, 3.8) is 0 Å². The largest absolute Gasteiger partial charge is 0.433 e. The average Bonchev–Trinajstić information content (AvgIpc) is 3.03. The maximum atomic E-state index is 11.6. The SMILES string of the molecule is N/C(Cc1ccc([N+](=O)[O-])cc1)=N/OC(=O)c1ccc([N+](=O)[O-])o1. The van der Waals surface area contributed by atoms with Gasteiger partial charge in [-0.1, -0.05) is 17.3 Å². The molecule has 2 rings (SSSR count). The zero-order valence-electron chi connectivity index (χ0n) is 11.9. The molecule has 0 atom stereocenters. The smallest absolute Gasteiger partial charge is 0.393 e. The van der Waals surface area contributed by atoms with E-state index in [1.54, 1.807) is 0 Å². The normalized spacial score (nSPS) is 11.1. The number of hydrogen-bond acceptors (Lipinski definition) is 8. The minimum absolute atomic E-state index is 0.0694. The maximum absolute atomic E-state index is 11.6. The molecule has 0 saturated heterocycles. The Kier molecular flexibility index (Phi) is 4.84.